The van der Waals surface area contributed by atoms with Crippen LogP contribution in [0, 0.1) is 0 Å². The molecule has 164 valence electrons. The average molecular weight is 443 g/mol. The van der Waals surface area contributed by atoms with Crippen LogP contribution >= 0.6 is 0 Å². The molecule has 1 aliphatic carbocycles. The maximum absolute atomic E-state index is 14.4. The van der Waals surface area contributed by atoms with Crippen molar-refractivity contribution < 1.29 is 12.8 Å². The predicted molar refractivity (Wildman–Crippen MR) is 119 cm³/mol. The van der Waals surface area contributed by atoms with E-state index in [1.807, 2.05) is 22.8 Å². The number of fused-ring (bicyclic) bond motifs is 1. The van der Waals surface area contributed by atoms with Gasteiger partial charge in [0.25, 0.3) is 0 Å². The van der Waals surface area contributed by atoms with Crippen LogP contribution in [0.15, 0.2) is 53.6 Å². The van der Waals surface area contributed by atoms with E-state index in [4.69, 9.17) is 5.73 Å². The first-order valence-corrected chi connectivity index (χ1v) is 12.1. The Labute approximate surface area is 181 Å². The fourth-order valence-corrected chi connectivity index (χ4v) is 5.60. The number of aromatic nitrogens is 3. The first kappa shape index (κ1) is 21.6. The minimum atomic E-state index is -3.31. The smallest absolute Gasteiger partial charge is 0.198 e. The molecule has 3 aromatic rings. The number of halogens is 1. The third kappa shape index (κ3) is 4.27. The zero-order valence-corrected chi connectivity index (χ0v) is 18.6. The molecule has 6 nitrogen and oxygen atoms in total. The summed E-state index contributed by atoms with van der Waals surface area (Å²) in [5, 5.41) is -0.144. The number of nitrogens with two attached hydrogens (primary N) is 1. The van der Waals surface area contributed by atoms with E-state index in [2.05, 4.69) is 23.8 Å². The number of allylic oxidation sites excluding steroid dienone is 1. The fraction of sp³-hybridized carbons (Fsp3) is 0.391. The number of hydrogen-bond acceptors (Lipinski definition) is 5. The summed E-state index contributed by atoms with van der Waals surface area (Å²) in [7, 11) is -3.31. The van der Waals surface area contributed by atoms with Crippen LogP contribution in [0.2, 0.25) is 0 Å². The summed E-state index contributed by atoms with van der Waals surface area (Å²) in [6.45, 7) is 4.39. The Morgan fingerprint density at radius 3 is 2.68 bits per heavy atom. The SMILES string of the molecule is CC(C)c1c(Cc2ccc(S(=O)(=O)C3CC3)nc2)c2ncccc2n1C/C(F)=C/CN. The minimum Gasteiger partial charge on any atom is -0.336 e. The molecule has 0 amide bonds. The Balaban J connectivity index is 1.75. The highest BCUT2D eigenvalue weighted by atomic mass is 32.2. The summed E-state index contributed by atoms with van der Waals surface area (Å²) in [5.41, 5.74) is 10.1. The molecule has 31 heavy (non-hydrogen) atoms. The maximum atomic E-state index is 14.4. The first-order chi connectivity index (χ1) is 14.8. The molecule has 1 saturated carbocycles. The molecule has 3 aromatic heterocycles. The van der Waals surface area contributed by atoms with Crippen molar-refractivity contribution in [1.29, 1.82) is 0 Å². The quantitative estimate of drug-likeness (QED) is 0.571. The molecule has 1 fully saturated rings. The monoisotopic (exact) mass is 442 g/mol. The Morgan fingerprint density at radius 2 is 2.06 bits per heavy atom. The van der Waals surface area contributed by atoms with Crippen molar-refractivity contribution in [3.05, 3.63) is 65.4 Å². The Hall–Kier alpha value is -2.58. The van der Waals surface area contributed by atoms with Crippen molar-refractivity contribution >= 4 is 20.9 Å². The van der Waals surface area contributed by atoms with E-state index in [1.54, 1.807) is 18.5 Å². The van der Waals surface area contributed by atoms with Gasteiger partial charge in [-0.1, -0.05) is 19.9 Å². The van der Waals surface area contributed by atoms with E-state index in [1.165, 1.54) is 6.08 Å². The van der Waals surface area contributed by atoms with Gasteiger partial charge in [0.05, 0.1) is 22.8 Å². The normalized spacial score (nSPS) is 15.2. The standard InChI is InChI=1S/C23H27FN4O2S/c1-15(2)23-19(12-16-5-8-21(27-13-16)31(29,30)18-6-7-18)22-20(4-3-11-26-22)28(23)14-17(24)9-10-25/h3-5,8-9,11,13,15,18H,6-7,10,12,14,25H2,1-2H3/b17-9-. The van der Waals surface area contributed by atoms with Crippen LogP contribution in [0.4, 0.5) is 4.39 Å². The number of sulfone groups is 1. The number of rotatable bonds is 8. The predicted octanol–water partition coefficient (Wildman–Crippen LogP) is 3.89. The highest BCUT2D eigenvalue weighted by Gasteiger charge is 2.37. The van der Waals surface area contributed by atoms with Gasteiger partial charge in [-0.05, 0) is 48.6 Å². The van der Waals surface area contributed by atoms with Gasteiger partial charge in [-0.15, -0.1) is 0 Å². The minimum absolute atomic E-state index is 0.101. The Morgan fingerprint density at radius 1 is 1.29 bits per heavy atom. The zero-order chi connectivity index (χ0) is 22.2. The van der Waals surface area contributed by atoms with E-state index < -0.39 is 9.84 Å². The molecule has 0 atom stereocenters. The van der Waals surface area contributed by atoms with Crippen LogP contribution in [0.5, 0.6) is 0 Å². The summed E-state index contributed by atoms with van der Waals surface area (Å²) >= 11 is 0. The van der Waals surface area contributed by atoms with Gasteiger partial charge in [-0.25, -0.2) is 17.8 Å². The van der Waals surface area contributed by atoms with Crippen molar-refractivity contribution in [3.63, 3.8) is 0 Å². The van der Waals surface area contributed by atoms with Gasteiger partial charge in [-0.2, -0.15) is 0 Å². The topological polar surface area (TPSA) is 90.9 Å². The van der Waals surface area contributed by atoms with E-state index in [0.29, 0.717) is 19.3 Å². The van der Waals surface area contributed by atoms with Crippen LogP contribution in [0.25, 0.3) is 11.0 Å². The van der Waals surface area contributed by atoms with Crippen molar-refractivity contribution in [2.75, 3.05) is 6.54 Å². The lowest BCUT2D eigenvalue weighted by atomic mass is 9.99. The molecule has 8 heteroatoms. The molecular weight excluding hydrogens is 415 g/mol. The summed E-state index contributed by atoms with van der Waals surface area (Å²) in [6, 6.07) is 7.19. The second kappa shape index (κ2) is 8.51. The molecule has 3 heterocycles. The second-order valence-corrected chi connectivity index (χ2v) is 10.5. The van der Waals surface area contributed by atoms with E-state index in [0.717, 1.165) is 27.9 Å². The lowest BCUT2D eigenvalue weighted by molar-refractivity contribution is 0.544. The van der Waals surface area contributed by atoms with Crippen LogP contribution < -0.4 is 5.73 Å². The fourth-order valence-electron chi connectivity index (χ4n) is 4.05. The van der Waals surface area contributed by atoms with Gasteiger partial charge in [0, 0.05) is 36.6 Å². The van der Waals surface area contributed by atoms with Crippen LogP contribution in [0.1, 0.15) is 49.4 Å². The lowest BCUT2D eigenvalue weighted by Gasteiger charge is -2.15. The van der Waals surface area contributed by atoms with Crippen LogP contribution in [-0.2, 0) is 22.8 Å². The van der Waals surface area contributed by atoms with Crippen molar-refractivity contribution in [3.8, 4) is 0 Å². The van der Waals surface area contributed by atoms with Crippen molar-refractivity contribution in [2.24, 2.45) is 5.73 Å². The molecule has 0 saturated heterocycles. The van der Waals surface area contributed by atoms with Gasteiger partial charge >= 0.3 is 0 Å². The Kier molecular flexibility index (Phi) is 5.94. The van der Waals surface area contributed by atoms with Crippen LogP contribution in [-0.4, -0.2) is 34.7 Å². The highest BCUT2D eigenvalue weighted by Crippen LogP contribution is 2.34. The molecule has 0 aliphatic heterocycles. The summed E-state index contributed by atoms with van der Waals surface area (Å²) in [6.07, 6.45) is 6.70. The molecule has 0 bridgehead atoms. The van der Waals surface area contributed by atoms with Crippen LogP contribution in [0.3, 0.4) is 0 Å². The molecule has 4 rings (SSSR count). The third-order valence-electron chi connectivity index (χ3n) is 5.59. The van der Waals surface area contributed by atoms with Gasteiger partial charge < -0.3 is 10.3 Å². The van der Waals surface area contributed by atoms with E-state index >= 15 is 0 Å². The molecule has 0 spiro atoms. The van der Waals surface area contributed by atoms with E-state index in [-0.39, 0.29) is 35.1 Å². The van der Waals surface area contributed by atoms with Gasteiger partial charge in [0.15, 0.2) is 14.9 Å². The van der Waals surface area contributed by atoms with E-state index in [9.17, 15) is 12.8 Å². The summed E-state index contributed by atoms with van der Waals surface area (Å²) in [4.78, 5) is 8.82. The average Bonchev–Trinajstić information content (AvgIpc) is 3.55. The van der Waals surface area contributed by atoms with Crippen molar-refractivity contribution in [1.82, 2.24) is 14.5 Å². The molecule has 0 aromatic carbocycles. The number of hydrogen-bond donors (Lipinski definition) is 1. The van der Waals surface area contributed by atoms with Crippen molar-refractivity contribution in [2.45, 2.75) is 55.8 Å². The number of nitrogens with zero attached hydrogens (tertiary/aromatic N) is 3. The summed E-state index contributed by atoms with van der Waals surface area (Å²) < 4.78 is 41.2. The molecule has 2 N–H and O–H groups in total. The molecule has 1 aliphatic rings. The summed E-state index contributed by atoms with van der Waals surface area (Å²) in [5.74, 6) is -0.148. The van der Waals surface area contributed by atoms with Gasteiger partial charge in [0.1, 0.15) is 5.83 Å². The molecular formula is C23H27FN4O2S. The zero-order valence-electron chi connectivity index (χ0n) is 17.8. The first-order valence-electron chi connectivity index (χ1n) is 10.5. The number of pyridine rings is 2. The second-order valence-electron chi connectivity index (χ2n) is 8.29. The molecule has 0 radical (unpaired) electrons. The third-order valence-corrected chi connectivity index (χ3v) is 7.77. The Bertz CT molecular complexity index is 1230. The van der Waals surface area contributed by atoms with Gasteiger partial charge in [0.2, 0.25) is 0 Å². The van der Waals surface area contributed by atoms with Gasteiger partial charge in [-0.3, -0.25) is 4.98 Å². The highest BCUT2D eigenvalue weighted by molar-refractivity contribution is 7.92. The molecule has 0 unspecified atom stereocenters. The lowest BCUT2D eigenvalue weighted by Crippen LogP contribution is -2.10. The largest absolute Gasteiger partial charge is 0.336 e. The maximum Gasteiger partial charge on any atom is 0.198 e.